The van der Waals surface area contributed by atoms with Crippen LogP contribution in [0.15, 0.2) is 64.4 Å². The van der Waals surface area contributed by atoms with Crippen molar-refractivity contribution in [1.82, 2.24) is 9.62 Å². The Morgan fingerprint density at radius 2 is 1.89 bits per heavy atom. The zero-order valence-electron chi connectivity index (χ0n) is 15.5. The molecular formula is C20H23N3O3S2. The first-order valence-corrected chi connectivity index (χ1v) is 12.0. The van der Waals surface area contributed by atoms with Crippen molar-refractivity contribution in [2.45, 2.75) is 34.7 Å². The van der Waals surface area contributed by atoms with Gasteiger partial charge >= 0.3 is 6.03 Å². The van der Waals surface area contributed by atoms with Gasteiger partial charge in [0.2, 0.25) is 10.0 Å². The first kappa shape index (κ1) is 19.3. The van der Waals surface area contributed by atoms with Crippen LogP contribution in [0.1, 0.15) is 12.8 Å². The second kappa shape index (κ2) is 7.77. The Morgan fingerprint density at radius 1 is 1.11 bits per heavy atom. The zero-order chi connectivity index (χ0) is 19.7. The van der Waals surface area contributed by atoms with E-state index >= 15 is 0 Å². The van der Waals surface area contributed by atoms with E-state index in [2.05, 4.69) is 10.0 Å². The van der Waals surface area contributed by atoms with E-state index in [0.717, 1.165) is 17.0 Å². The minimum absolute atomic E-state index is 0.0669. The van der Waals surface area contributed by atoms with Crippen LogP contribution >= 0.6 is 11.8 Å². The van der Waals surface area contributed by atoms with Gasteiger partial charge in [-0.3, -0.25) is 0 Å². The number of rotatable bonds is 5. The van der Waals surface area contributed by atoms with Crippen molar-refractivity contribution in [3.8, 4) is 0 Å². The number of fused-ring (bicyclic) bond motifs is 2. The largest absolute Gasteiger partial charge is 0.322 e. The lowest BCUT2D eigenvalue weighted by molar-refractivity contribution is 0.188. The molecule has 0 aromatic heterocycles. The molecule has 1 heterocycles. The summed E-state index contributed by atoms with van der Waals surface area (Å²) in [4.78, 5) is 15.9. The van der Waals surface area contributed by atoms with Crippen LogP contribution in [0.2, 0.25) is 0 Å². The van der Waals surface area contributed by atoms with Crippen molar-refractivity contribution in [2.24, 2.45) is 5.92 Å². The van der Waals surface area contributed by atoms with Crippen LogP contribution in [0, 0.1) is 5.92 Å². The second-order valence-corrected chi connectivity index (χ2v) is 9.83. The lowest BCUT2D eigenvalue weighted by Crippen LogP contribution is -2.48. The number of carbonyl (C=O) groups excluding carboxylic acids is 1. The monoisotopic (exact) mass is 417 g/mol. The Morgan fingerprint density at radius 3 is 2.57 bits per heavy atom. The number of hydrogen-bond donors (Lipinski definition) is 2. The highest BCUT2D eigenvalue weighted by Gasteiger charge is 2.47. The van der Waals surface area contributed by atoms with Gasteiger partial charge in [-0.15, -0.1) is 11.8 Å². The maximum absolute atomic E-state index is 12.7. The number of thioether (sulfide) groups is 1. The Kier molecular flexibility index (Phi) is 5.35. The van der Waals surface area contributed by atoms with Crippen LogP contribution in [0.4, 0.5) is 10.5 Å². The summed E-state index contributed by atoms with van der Waals surface area (Å²) in [5.74, 6) is 0.145. The minimum atomic E-state index is -3.53. The summed E-state index contributed by atoms with van der Waals surface area (Å²) in [7, 11) is -3.53. The molecule has 4 rings (SSSR count). The summed E-state index contributed by atoms with van der Waals surface area (Å²) in [5.41, 5.74) is 0.779. The van der Waals surface area contributed by atoms with E-state index in [9.17, 15) is 13.2 Å². The van der Waals surface area contributed by atoms with Crippen LogP contribution in [0.5, 0.6) is 0 Å². The van der Waals surface area contributed by atoms with E-state index in [0.29, 0.717) is 13.0 Å². The van der Waals surface area contributed by atoms with E-state index in [1.807, 2.05) is 35.4 Å². The number of amides is 2. The molecule has 148 valence electrons. The predicted octanol–water partition coefficient (Wildman–Crippen LogP) is 3.38. The van der Waals surface area contributed by atoms with Crippen LogP contribution < -0.4 is 10.0 Å². The number of carbonyl (C=O) groups is 1. The quantitative estimate of drug-likeness (QED) is 0.731. The molecule has 2 amide bonds. The normalized spacial score (nSPS) is 23.8. The predicted molar refractivity (Wildman–Crippen MR) is 111 cm³/mol. The maximum Gasteiger partial charge on any atom is 0.322 e. The lowest BCUT2D eigenvalue weighted by Gasteiger charge is -2.31. The number of piperidine rings is 1. The van der Waals surface area contributed by atoms with E-state index < -0.39 is 10.0 Å². The molecule has 1 saturated carbocycles. The van der Waals surface area contributed by atoms with Gasteiger partial charge in [-0.05, 0) is 55.3 Å². The van der Waals surface area contributed by atoms with E-state index in [-0.39, 0.29) is 28.9 Å². The first-order valence-electron chi connectivity index (χ1n) is 9.25. The third-order valence-corrected chi connectivity index (χ3v) is 7.71. The molecule has 0 radical (unpaired) electrons. The Labute approximate surface area is 169 Å². The van der Waals surface area contributed by atoms with Gasteiger partial charge in [0.1, 0.15) is 0 Å². The molecule has 0 unspecified atom stereocenters. The number of nitrogens with zero attached hydrogens (tertiary/aromatic N) is 1. The fraction of sp³-hybridized carbons (Fsp3) is 0.350. The van der Waals surface area contributed by atoms with Gasteiger partial charge < -0.3 is 10.2 Å². The number of likely N-dealkylation sites (tertiary alicyclic amines) is 1. The summed E-state index contributed by atoms with van der Waals surface area (Å²) in [6.07, 6.45) is 3.48. The molecule has 2 N–H and O–H groups in total. The molecule has 1 aliphatic heterocycles. The molecule has 2 aliphatic rings. The average molecular weight is 418 g/mol. The van der Waals surface area contributed by atoms with Gasteiger partial charge in [-0.25, -0.2) is 17.9 Å². The highest BCUT2D eigenvalue weighted by atomic mass is 32.2. The molecule has 2 bridgehead atoms. The highest BCUT2D eigenvalue weighted by molar-refractivity contribution is 7.98. The molecule has 6 nitrogen and oxygen atoms in total. The number of sulfonamides is 1. The van der Waals surface area contributed by atoms with Crippen molar-refractivity contribution in [1.29, 1.82) is 0 Å². The van der Waals surface area contributed by atoms with Gasteiger partial charge in [-0.2, -0.15) is 0 Å². The first-order chi connectivity index (χ1) is 13.5. The maximum atomic E-state index is 12.7. The fourth-order valence-corrected chi connectivity index (χ4v) is 5.91. The van der Waals surface area contributed by atoms with Crippen LogP contribution in [0.3, 0.4) is 0 Å². The van der Waals surface area contributed by atoms with Crippen molar-refractivity contribution < 1.29 is 13.2 Å². The Hall–Kier alpha value is -2.03. The number of anilines is 1. The topological polar surface area (TPSA) is 78.5 Å². The molecule has 1 aliphatic carbocycles. The van der Waals surface area contributed by atoms with Crippen molar-refractivity contribution in [2.75, 3.05) is 18.1 Å². The molecule has 8 heteroatoms. The van der Waals surface area contributed by atoms with Gasteiger partial charge in [0.15, 0.2) is 0 Å². The number of nitrogens with one attached hydrogen (secondary N) is 2. The molecule has 2 aromatic carbocycles. The third-order valence-electron chi connectivity index (χ3n) is 5.48. The summed E-state index contributed by atoms with van der Waals surface area (Å²) < 4.78 is 28.0. The third kappa shape index (κ3) is 3.90. The van der Waals surface area contributed by atoms with Crippen LogP contribution in [0.25, 0.3) is 0 Å². The van der Waals surface area contributed by atoms with Gasteiger partial charge in [0, 0.05) is 29.2 Å². The smallest absolute Gasteiger partial charge is 0.321 e. The summed E-state index contributed by atoms with van der Waals surface area (Å²) in [6.45, 7) is 0.570. The fourth-order valence-electron chi connectivity index (χ4n) is 4.11. The number of urea groups is 1. The molecular weight excluding hydrogens is 394 g/mol. The van der Waals surface area contributed by atoms with Gasteiger partial charge in [0.05, 0.1) is 4.90 Å². The Balaban J connectivity index is 1.38. The van der Waals surface area contributed by atoms with Gasteiger partial charge in [-0.1, -0.05) is 24.3 Å². The number of benzene rings is 2. The van der Waals surface area contributed by atoms with Crippen molar-refractivity contribution in [3.05, 3.63) is 54.6 Å². The van der Waals surface area contributed by atoms with Crippen LogP contribution in [-0.2, 0) is 10.0 Å². The van der Waals surface area contributed by atoms with Gasteiger partial charge in [0.25, 0.3) is 0 Å². The highest BCUT2D eigenvalue weighted by Crippen LogP contribution is 2.38. The molecule has 0 spiro atoms. The molecule has 1 saturated heterocycles. The summed E-state index contributed by atoms with van der Waals surface area (Å²) >= 11 is 1.63. The summed E-state index contributed by atoms with van der Waals surface area (Å²) in [5, 5.41) is 2.97. The van der Waals surface area contributed by atoms with Crippen LogP contribution in [-0.4, -0.2) is 44.2 Å². The molecule has 2 fully saturated rings. The second-order valence-electron chi connectivity index (χ2n) is 7.24. The van der Waals surface area contributed by atoms with Crippen molar-refractivity contribution >= 4 is 33.5 Å². The zero-order valence-corrected chi connectivity index (χ0v) is 17.2. The molecule has 3 atom stereocenters. The Bertz CT molecular complexity index is 966. The molecule has 28 heavy (non-hydrogen) atoms. The standard InChI is InChI=1S/C20H23N3O3S2/c1-27-17-7-5-6-15(11-17)21-20(24)23-13-14-10-16(23)12-19(14)22-28(25,26)18-8-3-2-4-9-18/h2-9,11,14,16,19,22H,10,12-13H2,1H3,(H,21,24)/t14-,16-,19-/m0/s1. The number of hydrogen-bond acceptors (Lipinski definition) is 4. The molecule has 2 aromatic rings. The minimum Gasteiger partial charge on any atom is -0.321 e. The average Bonchev–Trinajstić information content (AvgIpc) is 3.29. The summed E-state index contributed by atoms with van der Waals surface area (Å²) in [6, 6.07) is 16.0. The lowest BCUT2D eigenvalue weighted by atomic mass is 10.0. The van der Waals surface area contributed by atoms with E-state index in [1.54, 1.807) is 42.1 Å². The van der Waals surface area contributed by atoms with E-state index in [1.165, 1.54) is 0 Å². The van der Waals surface area contributed by atoms with Crippen molar-refractivity contribution in [3.63, 3.8) is 0 Å². The SMILES string of the molecule is CSc1cccc(NC(=O)N2C[C@@H]3C[C@H]2C[C@@H]3NS(=O)(=O)c2ccccc2)c1. The van der Waals surface area contributed by atoms with E-state index in [4.69, 9.17) is 0 Å².